The van der Waals surface area contributed by atoms with Gasteiger partial charge in [-0.1, -0.05) is 12.8 Å². The summed E-state index contributed by atoms with van der Waals surface area (Å²) in [5.41, 5.74) is 8.09. The van der Waals surface area contributed by atoms with Crippen LogP contribution in [-0.4, -0.2) is 32.2 Å². The van der Waals surface area contributed by atoms with Crippen molar-refractivity contribution in [3.05, 3.63) is 52.3 Å². The summed E-state index contributed by atoms with van der Waals surface area (Å²) in [5.74, 6) is 0.548. The first-order chi connectivity index (χ1) is 15.0. The molecule has 1 aliphatic carbocycles. The Morgan fingerprint density at radius 1 is 1.23 bits per heavy atom. The second-order valence-corrected chi connectivity index (χ2v) is 8.19. The van der Waals surface area contributed by atoms with E-state index in [1.807, 2.05) is 13.1 Å². The van der Waals surface area contributed by atoms with Crippen LogP contribution in [0.25, 0.3) is 21.7 Å². The number of aromatic nitrogens is 4. The quantitative estimate of drug-likeness (QED) is 0.342. The van der Waals surface area contributed by atoms with Gasteiger partial charge in [0.1, 0.15) is 17.5 Å². The Bertz CT molecular complexity index is 1330. The zero-order chi connectivity index (χ0) is 21.5. The zero-order valence-corrected chi connectivity index (χ0v) is 17.1. The Kier molecular flexibility index (Phi) is 4.82. The van der Waals surface area contributed by atoms with E-state index in [2.05, 4.69) is 30.8 Å². The highest BCUT2D eigenvalue weighted by molar-refractivity contribution is 5.99. The van der Waals surface area contributed by atoms with Crippen LogP contribution in [-0.2, 0) is 0 Å². The standard InChI is InChI=1S/C22H24FN7O/c1-11-9-25-20-14(11)7-13(23)8-17(20)28-21-19-12(10-26-30-22(19)31)6-18(29-21)27-16-5-3-2-4-15(16)24/h6-10,15-16,25H,2-5,24H2,1H3,(H,30,31)(H2,27,28,29)/t15-,16+/m0/s1. The fourth-order valence-corrected chi connectivity index (χ4v) is 4.37. The van der Waals surface area contributed by atoms with Crippen LogP contribution in [0.1, 0.15) is 31.2 Å². The summed E-state index contributed by atoms with van der Waals surface area (Å²) in [4.78, 5) is 20.4. The SMILES string of the molecule is Cc1c[nH]c2c(Nc3nc(N[C@@H]4CCCC[C@@H]4N)cc4cn[nH]c(=O)c34)cc(F)cc12. The summed E-state index contributed by atoms with van der Waals surface area (Å²) in [7, 11) is 0. The summed E-state index contributed by atoms with van der Waals surface area (Å²) in [5, 5.41) is 14.7. The molecule has 9 heteroatoms. The van der Waals surface area contributed by atoms with Crippen LogP contribution in [0.4, 0.5) is 21.7 Å². The topological polar surface area (TPSA) is 125 Å². The van der Waals surface area contributed by atoms with Gasteiger partial charge in [-0.25, -0.2) is 14.5 Å². The molecule has 160 valence electrons. The molecular formula is C22H24FN7O. The molecular weight excluding hydrogens is 397 g/mol. The fraction of sp³-hybridized carbons (Fsp3) is 0.318. The maximum Gasteiger partial charge on any atom is 0.275 e. The van der Waals surface area contributed by atoms with Crippen molar-refractivity contribution in [2.24, 2.45) is 5.73 Å². The number of aromatic amines is 2. The third kappa shape index (κ3) is 3.61. The third-order valence-corrected chi connectivity index (χ3v) is 6.01. The number of fused-ring (bicyclic) bond motifs is 2. The number of rotatable bonds is 4. The molecule has 0 saturated heterocycles. The Hall–Kier alpha value is -3.46. The van der Waals surface area contributed by atoms with Crippen LogP contribution >= 0.6 is 0 Å². The predicted molar refractivity (Wildman–Crippen MR) is 120 cm³/mol. The molecule has 2 atom stereocenters. The van der Waals surface area contributed by atoms with Gasteiger partial charge in [-0.2, -0.15) is 5.10 Å². The molecule has 1 fully saturated rings. The van der Waals surface area contributed by atoms with Gasteiger partial charge < -0.3 is 21.4 Å². The van der Waals surface area contributed by atoms with Crippen LogP contribution in [0.2, 0.25) is 0 Å². The molecule has 0 spiro atoms. The highest BCUT2D eigenvalue weighted by Gasteiger charge is 2.23. The number of anilines is 3. The van der Waals surface area contributed by atoms with Gasteiger partial charge in [-0.3, -0.25) is 4.79 Å². The molecule has 5 rings (SSSR count). The second-order valence-electron chi connectivity index (χ2n) is 8.19. The van der Waals surface area contributed by atoms with Crippen molar-refractivity contribution in [1.82, 2.24) is 20.2 Å². The number of nitrogens with two attached hydrogens (primary N) is 1. The summed E-state index contributed by atoms with van der Waals surface area (Å²) in [6.45, 7) is 1.91. The van der Waals surface area contributed by atoms with Crippen molar-refractivity contribution in [1.29, 1.82) is 0 Å². The van der Waals surface area contributed by atoms with Crippen LogP contribution < -0.4 is 21.9 Å². The van der Waals surface area contributed by atoms with Crippen LogP contribution in [0.3, 0.4) is 0 Å². The summed E-state index contributed by atoms with van der Waals surface area (Å²) in [6.07, 6.45) is 7.56. The first-order valence-corrected chi connectivity index (χ1v) is 10.4. The minimum absolute atomic E-state index is 0.0460. The third-order valence-electron chi connectivity index (χ3n) is 6.01. The zero-order valence-electron chi connectivity index (χ0n) is 17.1. The summed E-state index contributed by atoms with van der Waals surface area (Å²) >= 11 is 0. The van der Waals surface area contributed by atoms with Crippen LogP contribution in [0, 0.1) is 12.7 Å². The highest BCUT2D eigenvalue weighted by Crippen LogP contribution is 2.31. The molecule has 31 heavy (non-hydrogen) atoms. The van der Waals surface area contributed by atoms with E-state index in [4.69, 9.17) is 5.73 Å². The molecule has 1 aliphatic rings. The lowest BCUT2D eigenvalue weighted by Gasteiger charge is -2.30. The van der Waals surface area contributed by atoms with Gasteiger partial charge in [-0.15, -0.1) is 0 Å². The maximum atomic E-state index is 14.3. The van der Waals surface area contributed by atoms with E-state index < -0.39 is 0 Å². The molecule has 0 unspecified atom stereocenters. The molecule has 3 aromatic heterocycles. The highest BCUT2D eigenvalue weighted by atomic mass is 19.1. The first kappa shape index (κ1) is 19.5. The van der Waals surface area contributed by atoms with Crippen LogP contribution in [0.5, 0.6) is 0 Å². The van der Waals surface area contributed by atoms with E-state index in [1.165, 1.54) is 12.1 Å². The largest absolute Gasteiger partial charge is 0.366 e. The first-order valence-electron chi connectivity index (χ1n) is 10.4. The van der Waals surface area contributed by atoms with Gasteiger partial charge >= 0.3 is 0 Å². The lowest BCUT2D eigenvalue weighted by molar-refractivity contribution is 0.403. The molecule has 0 aliphatic heterocycles. The van der Waals surface area contributed by atoms with E-state index in [9.17, 15) is 9.18 Å². The molecule has 8 nitrogen and oxygen atoms in total. The average molecular weight is 421 g/mol. The van der Waals surface area contributed by atoms with Crippen molar-refractivity contribution in [2.45, 2.75) is 44.7 Å². The predicted octanol–water partition coefficient (Wildman–Crippen LogP) is 3.67. The number of halogens is 1. The van der Waals surface area contributed by atoms with Gasteiger partial charge in [-0.05, 0) is 43.5 Å². The van der Waals surface area contributed by atoms with Crippen molar-refractivity contribution in [3.63, 3.8) is 0 Å². The minimum atomic E-state index is -0.375. The Morgan fingerprint density at radius 2 is 2.06 bits per heavy atom. The van der Waals surface area contributed by atoms with Gasteiger partial charge in [0.25, 0.3) is 5.56 Å². The number of hydrogen-bond acceptors (Lipinski definition) is 6. The number of nitrogens with zero attached hydrogens (tertiary/aromatic N) is 2. The number of H-pyrrole nitrogens is 2. The molecule has 0 radical (unpaired) electrons. The van der Waals surface area contributed by atoms with Crippen molar-refractivity contribution in [3.8, 4) is 0 Å². The molecule has 0 amide bonds. The molecule has 6 N–H and O–H groups in total. The van der Waals surface area contributed by atoms with E-state index in [0.29, 0.717) is 28.1 Å². The normalized spacial score (nSPS) is 19.1. The number of pyridine rings is 1. The lowest BCUT2D eigenvalue weighted by Crippen LogP contribution is -2.42. The Labute approximate surface area is 177 Å². The average Bonchev–Trinajstić information content (AvgIpc) is 3.10. The van der Waals surface area contributed by atoms with Gasteiger partial charge in [0.2, 0.25) is 0 Å². The van der Waals surface area contributed by atoms with Crippen LogP contribution in [0.15, 0.2) is 35.4 Å². The molecule has 1 aromatic carbocycles. The fourth-order valence-electron chi connectivity index (χ4n) is 4.37. The molecule has 4 aromatic rings. The number of hydrogen-bond donors (Lipinski definition) is 5. The monoisotopic (exact) mass is 421 g/mol. The smallest absolute Gasteiger partial charge is 0.275 e. The molecule has 0 bridgehead atoms. The number of aryl methyl sites for hydroxylation is 1. The molecule has 3 heterocycles. The van der Waals surface area contributed by atoms with Gasteiger partial charge in [0.05, 0.1) is 22.8 Å². The maximum absolute atomic E-state index is 14.3. The van der Waals surface area contributed by atoms with E-state index in [0.717, 1.165) is 42.1 Å². The van der Waals surface area contributed by atoms with Gasteiger partial charge in [0.15, 0.2) is 0 Å². The van der Waals surface area contributed by atoms with Crippen molar-refractivity contribution < 1.29 is 4.39 Å². The lowest BCUT2D eigenvalue weighted by atomic mass is 9.91. The summed E-state index contributed by atoms with van der Waals surface area (Å²) < 4.78 is 14.3. The van der Waals surface area contributed by atoms with E-state index in [-0.39, 0.29) is 23.5 Å². The Morgan fingerprint density at radius 3 is 2.90 bits per heavy atom. The number of benzene rings is 1. The van der Waals surface area contributed by atoms with Gasteiger partial charge in [0, 0.05) is 29.1 Å². The van der Waals surface area contributed by atoms with E-state index in [1.54, 1.807) is 12.3 Å². The van der Waals surface area contributed by atoms with Crippen molar-refractivity contribution in [2.75, 3.05) is 10.6 Å². The number of nitrogens with one attached hydrogen (secondary N) is 4. The minimum Gasteiger partial charge on any atom is -0.366 e. The summed E-state index contributed by atoms with van der Waals surface area (Å²) in [6, 6.07) is 4.82. The second kappa shape index (κ2) is 7.66. The molecule has 1 saturated carbocycles. The van der Waals surface area contributed by atoms with Crippen molar-refractivity contribution >= 4 is 39.0 Å². The van der Waals surface area contributed by atoms with E-state index >= 15 is 0 Å². The Balaban J connectivity index is 1.61.